The maximum Gasteiger partial charge on any atom is 0.472 e. The van der Waals surface area contributed by atoms with Crippen LogP contribution in [0, 0.1) is 5.82 Å². The fourth-order valence-corrected chi connectivity index (χ4v) is 1.97. The number of nitrogens with two attached hydrogens (primary N) is 1. The third-order valence-electron chi connectivity index (χ3n) is 1.78. The van der Waals surface area contributed by atoms with Gasteiger partial charge in [0.05, 0.1) is 5.02 Å². The molecule has 0 fully saturated rings. The van der Waals surface area contributed by atoms with Crippen molar-refractivity contribution in [1.82, 2.24) is 0 Å². The SMILES string of the molecule is CSc1cc([N+](N)=CC(F)(F)F)c(F)cc1Cl. The van der Waals surface area contributed by atoms with Crippen LogP contribution in [-0.2, 0) is 0 Å². The Morgan fingerprint density at radius 3 is 2.47 bits per heavy atom. The second kappa shape index (κ2) is 5.14. The first kappa shape index (κ1) is 14.1. The highest BCUT2D eigenvalue weighted by Crippen LogP contribution is 2.31. The average molecular weight is 288 g/mol. The standard InChI is InChI=1S/C9H8ClF4N2S/c1-17-8-3-7(6(11)2-5(8)10)16(15)4-9(12,13)14/h2-4H,15H2,1H3/q+1. The normalized spacial score (nSPS) is 12.9. The van der Waals surface area contributed by atoms with Gasteiger partial charge >= 0.3 is 6.18 Å². The van der Waals surface area contributed by atoms with Crippen LogP contribution in [0.25, 0.3) is 0 Å². The number of rotatable bonds is 2. The summed E-state index contributed by atoms with van der Waals surface area (Å²) in [6, 6.07) is 2.08. The molecule has 1 rings (SSSR count). The van der Waals surface area contributed by atoms with E-state index < -0.39 is 17.7 Å². The number of hydrazine groups is 1. The zero-order chi connectivity index (χ0) is 13.2. The smallest absolute Gasteiger partial charge is 0.205 e. The number of hydrogen-bond donors (Lipinski definition) is 1. The fraction of sp³-hybridized carbons (Fsp3) is 0.222. The minimum atomic E-state index is -4.62. The van der Waals surface area contributed by atoms with Crippen molar-refractivity contribution in [3.63, 3.8) is 0 Å². The van der Waals surface area contributed by atoms with Crippen LogP contribution in [0.4, 0.5) is 23.2 Å². The van der Waals surface area contributed by atoms with E-state index in [1.165, 1.54) is 11.8 Å². The molecule has 8 heteroatoms. The topological polar surface area (TPSA) is 29.0 Å². The van der Waals surface area contributed by atoms with Crippen molar-refractivity contribution in [2.75, 3.05) is 6.26 Å². The lowest BCUT2D eigenvalue weighted by molar-refractivity contribution is -0.457. The Morgan fingerprint density at radius 2 is 2.00 bits per heavy atom. The summed E-state index contributed by atoms with van der Waals surface area (Å²) in [4.78, 5) is 0.439. The number of nitrogens with zero attached hydrogens (tertiary/aromatic N) is 1. The van der Waals surface area contributed by atoms with E-state index >= 15 is 0 Å². The van der Waals surface area contributed by atoms with Crippen molar-refractivity contribution in [2.24, 2.45) is 5.84 Å². The van der Waals surface area contributed by atoms with Gasteiger partial charge in [-0.15, -0.1) is 11.8 Å². The van der Waals surface area contributed by atoms with Crippen molar-refractivity contribution in [3.05, 3.63) is 23.0 Å². The quantitative estimate of drug-likeness (QED) is 0.226. The maximum atomic E-state index is 13.4. The molecule has 0 bridgehead atoms. The second-order valence-corrected chi connectivity index (χ2v) is 4.27. The van der Waals surface area contributed by atoms with E-state index in [9.17, 15) is 17.6 Å². The molecule has 0 unspecified atom stereocenters. The summed E-state index contributed by atoms with van der Waals surface area (Å²) in [6.07, 6.45) is -3.19. The number of hydrazone groups is 1. The molecule has 0 spiro atoms. The molecule has 0 aliphatic heterocycles. The lowest BCUT2D eigenvalue weighted by atomic mass is 10.3. The molecule has 0 saturated heterocycles. The molecule has 0 heterocycles. The van der Waals surface area contributed by atoms with Gasteiger partial charge in [0.2, 0.25) is 0 Å². The number of hydrogen-bond acceptors (Lipinski definition) is 2. The Morgan fingerprint density at radius 1 is 1.41 bits per heavy atom. The number of thioether (sulfide) groups is 1. The molecule has 0 aliphatic carbocycles. The van der Waals surface area contributed by atoms with Crippen LogP contribution in [0.15, 0.2) is 17.0 Å². The highest BCUT2D eigenvalue weighted by Gasteiger charge is 2.32. The molecule has 0 aliphatic rings. The summed E-state index contributed by atoms with van der Waals surface area (Å²) >= 11 is 6.86. The molecule has 94 valence electrons. The van der Waals surface area contributed by atoms with Crippen LogP contribution in [0.1, 0.15) is 0 Å². The van der Waals surface area contributed by atoms with Gasteiger partial charge in [0.1, 0.15) is 0 Å². The monoisotopic (exact) mass is 287 g/mol. The molecular formula is C9H8ClF4N2S+. The van der Waals surface area contributed by atoms with Gasteiger partial charge in [-0.3, -0.25) is 0 Å². The first-order valence-corrected chi connectivity index (χ1v) is 5.84. The summed E-state index contributed by atoms with van der Waals surface area (Å²) in [6.45, 7) is 0. The highest BCUT2D eigenvalue weighted by atomic mass is 35.5. The zero-order valence-electron chi connectivity index (χ0n) is 8.55. The Labute approximate surface area is 104 Å². The molecular weight excluding hydrogens is 280 g/mol. The van der Waals surface area contributed by atoms with Gasteiger partial charge in [-0.05, 0) is 6.26 Å². The number of benzene rings is 1. The molecule has 0 amide bonds. The van der Waals surface area contributed by atoms with E-state index in [0.29, 0.717) is 4.90 Å². The molecule has 2 N–H and O–H groups in total. The van der Waals surface area contributed by atoms with Gasteiger partial charge in [0.25, 0.3) is 11.9 Å². The zero-order valence-corrected chi connectivity index (χ0v) is 10.1. The Balaban J connectivity index is 3.27. The predicted octanol–water partition coefficient (Wildman–Crippen LogP) is 3.35. The molecule has 1 aromatic carbocycles. The third-order valence-corrected chi connectivity index (χ3v) is 2.99. The lowest BCUT2D eigenvalue weighted by Crippen LogP contribution is -2.24. The molecule has 0 radical (unpaired) electrons. The molecule has 0 aromatic heterocycles. The summed E-state index contributed by atoms with van der Waals surface area (Å²) in [5.41, 5.74) is -0.393. The first-order valence-electron chi connectivity index (χ1n) is 4.24. The van der Waals surface area contributed by atoms with Gasteiger partial charge in [-0.2, -0.15) is 17.6 Å². The van der Waals surface area contributed by atoms with Gasteiger partial charge in [0.15, 0.2) is 5.82 Å². The fourth-order valence-electron chi connectivity index (χ4n) is 1.10. The maximum absolute atomic E-state index is 13.4. The summed E-state index contributed by atoms with van der Waals surface area (Å²) in [7, 11) is 0. The predicted molar refractivity (Wildman–Crippen MR) is 59.4 cm³/mol. The van der Waals surface area contributed by atoms with E-state index in [-0.39, 0.29) is 15.9 Å². The van der Waals surface area contributed by atoms with Crippen LogP contribution < -0.4 is 5.84 Å². The van der Waals surface area contributed by atoms with Crippen molar-refractivity contribution in [3.8, 4) is 0 Å². The van der Waals surface area contributed by atoms with E-state index in [1.807, 2.05) is 0 Å². The molecule has 0 atom stereocenters. The van der Waals surface area contributed by atoms with Crippen LogP contribution in [0.2, 0.25) is 5.02 Å². The summed E-state index contributed by atoms with van der Waals surface area (Å²) in [5, 5.41) is 0.124. The van der Waals surface area contributed by atoms with E-state index in [4.69, 9.17) is 17.4 Å². The van der Waals surface area contributed by atoms with Gasteiger partial charge in [-0.1, -0.05) is 16.3 Å². The first-order chi connectivity index (χ1) is 7.74. The lowest BCUT2D eigenvalue weighted by Gasteiger charge is -2.03. The minimum absolute atomic E-state index is 0.124. The van der Waals surface area contributed by atoms with Gasteiger partial charge in [-0.25, -0.2) is 5.84 Å². The van der Waals surface area contributed by atoms with Crippen LogP contribution in [0.3, 0.4) is 0 Å². The number of alkyl halides is 3. The van der Waals surface area contributed by atoms with Crippen LogP contribution in [0.5, 0.6) is 0 Å². The molecule has 2 nitrogen and oxygen atoms in total. The molecule has 1 aromatic rings. The van der Waals surface area contributed by atoms with E-state index in [2.05, 4.69) is 0 Å². The van der Waals surface area contributed by atoms with Crippen molar-refractivity contribution in [2.45, 2.75) is 11.1 Å². The Bertz CT molecular complexity index is 459. The van der Waals surface area contributed by atoms with Gasteiger partial charge in [0, 0.05) is 17.0 Å². The highest BCUT2D eigenvalue weighted by molar-refractivity contribution is 7.98. The van der Waals surface area contributed by atoms with Gasteiger partial charge < -0.3 is 0 Å². The average Bonchev–Trinajstić information content (AvgIpc) is 2.14. The van der Waals surface area contributed by atoms with E-state index in [0.717, 1.165) is 12.1 Å². The summed E-state index contributed by atoms with van der Waals surface area (Å²) in [5.74, 6) is 4.20. The van der Waals surface area contributed by atoms with E-state index in [1.54, 1.807) is 6.26 Å². The third kappa shape index (κ3) is 3.78. The van der Waals surface area contributed by atoms with Crippen LogP contribution >= 0.6 is 23.4 Å². The Hall–Kier alpha value is -0.950. The van der Waals surface area contributed by atoms with Crippen molar-refractivity contribution >= 4 is 35.3 Å². The second-order valence-electron chi connectivity index (χ2n) is 3.02. The Kier molecular flexibility index (Phi) is 4.26. The summed E-state index contributed by atoms with van der Waals surface area (Å²) < 4.78 is 49.7. The molecule has 0 saturated carbocycles. The largest absolute Gasteiger partial charge is 0.472 e. The van der Waals surface area contributed by atoms with Crippen molar-refractivity contribution in [1.29, 1.82) is 0 Å². The van der Waals surface area contributed by atoms with Crippen LogP contribution in [-0.4, -0.2) is 23.3 Å². The number of halogens is 5. The minimum Gasteiger partial charge on any atom is -0.205 e. The molecule has 17 heavy (non-hydrogen) atoms. The van der Waals surface area contributed by atoms with Crippen molar-refractivity contribution < 1.29 is 22.2 Å².